The Kier molecular flexibility index (Phi) is 7.81. The first-order valence-electron chi connectivity index (χ1n) is 7.54. The Bertz CT molecular complexity index is 491. The van der Waals surface area contributed by atoms with Crippen molar-refractivity contribution in [3.05, 3.63) is 24.3 Å². The van der Waals surface area contributed by atoms with E-state index in [0.29, 0.717) is 18.0 Å². The molecule has 1 atom stereocenters. The van der Waals surface area contributed by atoms with E-state index in [9.17, 15) is 9.59 Å². The van der Waals surface area contributed by atoms with Crippen LogP contribution in [0.3, 0.4) is 0 Å². The van der Waals surface area contributed by atoms with Crippen LogP contribution in [0.4, 0.5) is 10.5 Å². The number of carbonyl (C=O) groups is 2. The first-order valence-corrected chi connectivity index (χ1v) is 7.54. The van der Waals surface area contributed by atoms with Crippen LogP contribution in [0.15, 0.2) is 24.3 Å². The van der Waals surface area contributed by atoms with Gasteiger partial charge in [0, 0.05) is 6.54 Å². The predicted octanol–water partition coefficient (Wildman–Crippen LogP) is 3.10. The van der Waals surface area contributed by atoms with Crippen LogP contribution >= 0.6 is 0 Å². The van der Waals surface area contributed by atoms with E-state index in [1.54, 1.807) is 31.2 Å². The summed E-state index contributed by atoms with van der Waals surface area (Å²) in [7, 11) is 0. The minimum Gasteiger partial charge on any atom is -0.491 e. The molecule has 22 heavy (non-hydrogen) atoms. The summed E-state index contributed by atoms with van der Waals surface area (Å²) < 4.78 is 5.48. The van der Waals surface area contributed by atoms with E-state index < -0.39 is 11.9 Å². The summed E-state index contributed by atoms with van der Waals surface area (Å²) in [5.74, 6) is -1.07. The lowest BCUT2D eigenvalue weighted by Crippen LogP contribution is -2.29. The number of hydrogen-bond acceptors (Lipinski definition) is 3. The zero-order valence-corrected chi connectivity index (χ0v) is 13.1. The van der Waals surface area contributed by atoms with Crippen LogP contribution in [0, 0.1) is 5.92 Å². The molecular weight excluding hydrogens is 284 g/mol. The van der Waals surface area contributed by atoms with Crippen molar-refractivity contribution in [3.63, 3.8) is 0 Å². The Labute approximate surface area is 130 Å². The summed E-state index contributed by atoms with van der Waals surface area (Å²) in [5, 5.41) is 14.4. The summed E-state index contributed by atoms with van der Waals surface area (Å²) in [6.07, 6.45) is 3.12. The van der Waals surface area contributed by atoms with Crippen molar-refractivity contribution in [2.45, 2.75) is 33.1 Å². The van der Waals surface area contributed by atoms with E-state index in [1.165, 1.54) is 0 Å². The van der Waals surface area contributed by atoms with E-state index in [0.717, 1.165) is 19.3 Å². The molecule has 6 heteroatoms. The quantitative estimate of drug-likeness (QED) is 0.612. The molecule has 122 valence electrons. The topological polar surface area (TPSA) is 87.7 Å². The molecule has 6 nitrogen and oxygen atoms in total. The van der Waals surface area contributed by atoms with Gasteiger partial charge in [-0.1, -0.05) is 31.9 Å². The Balaban J connectivity index is 2.52. The van der Waals surface area contributed by atoms with Gasteiger partial charge in [0.05, 0.1) is 11.6 Å². The number of anilines is 1. The lowest BCUT2D eigenvalue weighted by molar-refractivity contribution is -0.142. The third-order valence-corrected chi connectivity index (χ3v) is 3.11. The van der Waals surface area contributed by atoms with Crippen LogP contribution in [-0.4, -0.2) is 30.3 Å². The second-order valence-corrected chi connectivity index (χ2v) is 5.13. The van der Waals surface area contributed by atoms with Gasteiger partial charge in [-0.25, -0.2) is 4.79 Å². The highest BCUT2D eigenvalue weighted by Crippen LogP contribution is 2.24. The Morgan fingerprint density at radius 1 is 1.27 bits per heavy atom. The number of benzene rings is 1. The molecule has 0 spiro atoms. The molecule has 0 heterocycles. The smallest absolute Gasteiger partial charge is 0.319 e. The highest BCUT2D eigenvalue weighted by molar-refractivity contribution is 5.90. The number of aliphatic carboxylic acids is 1. The number of hydrogen-bond donors (Lipinski definition) is 3. The van der Waals surface area contributed by atoms with Crippen molar-refractivity contribution in [2.75, 3.05) is 18.5 Å². The minimum atomic E-state index is -0.917. The largest absolute Gasteiger partial charge is 0.491 e. The number of unbranched alkanes of at least 4 members (excludes halogenated alkanes) is 2. The molecule has 0 radical (unpaired) electrons. The maximum absolute atomic E-state index is 11.8. The van der Waals surface area contributed by atoms with Gasteiger partial charge < -0.3 is 20.5 Å². The van der Waals surface area contributed by atoms with Gasteiger partial charge >= 0.3 is 12.0 Å². The van der Waals surface area contributed by atoms with Crippen LogP contribution in [0.1, 0.15) is 33.1 Å². The highest BCUT2D eigenvalue weighted by Gasteiger charge is 2.13. The van der Waals surface area contributed by atoms with Crippen LogP contribution in [0.25, 0.3) is 0 Å². The fourth-order valence-corrected chi connectivity index (χ4v) is 1.73. The summed E-state index contributed by atoms with van der Waals surface area (Å²) in [5.41, 5.74) is 0.521. The van der Waals surface area contributed by atoms with E-state index in [-0.39, 0.29) is 12.6 Å². The number of carboxylic acids is 1. The van der Waals surface area contributed by atoms with Gasteiger partial charge in [-0.2, -0.15) is 0 Å². The average Bonchev–Trinajstić information content (AvgIpc) is 2.50. The molecule has 0 aliphatic rings. The summed E-state index contributed by atoms with van der Waals surface area (Å²) >= 11 is 0. The van der Waals surface area contributed by atoms with Gasteiger partial charge in [0.15, 0.2) is 0 Å². The maximum Gasteiger partial charge on any atom is 0.319 e. The Morgan fingerprint density at radius 3 is 2.68 bits per heavy atom. The molecule has 0 fully saturated rings. The number of carboxylic acid groups (broad SMARTS) is 1. The van der Waals surface area contributed by atoms with Crippen molar-refractivity contribution >= 4 is 17.7 Å². The minimum absolute atomic E-state index is 0.0478. The number of rotatable bonds is 9. The summed E-state index contributed by atoms with van der Waals surface area (Å²) in [4.78, 5) is 22.6. The van der Waals surface area contributed by atoms with E-state index >= 15 is 0 Å². The lowest BCUT2D eigenvalue weighted by atomic mass is 10.2. The number of urea groups is 1. The van der Waals surface area contributed by atoms with Gasteiger partial charge in [-0.3, -0.25) is 4.79 Å². The standard InChI is InChI=1S/C16H24N2O4/c1-3-4-7-10-17-16(21)18-13-8-5-6-9-14(13)22-11-12(2)15(19)20/h5-6,8-9,12H,3-4,7,10-11H2,1-2H3,(H,19,20)(H2,17,18,21). The molecule has 1 rings (SSSR count). The first-order chi connectivity index (χ1) is 10.5. The van der Waals surface area contributed by atoms with Crippen LogP contribution in [0.2, 0.25) is 0 Å². The van der Waals surface area contributed by atoms with Gasteiger partial charge in [0.1, 0.15) is 12.4 Å². The molecule has 0 aliphatic carbocycles. The Morgan fingerprint density at radius 2 is 2.00 bits per heavy atom. The van der Waals surface area contributed by atoms with E-state index in [2.05, 4.69) is 17.6 Å². The second kappa shape index (κ2) is 9.65. The maximum atomic E-state index is 11.8. The Hall–Kier alpha value is -2.24. The normalized spacial score (nSPS) is 11.5. The van der Waals surface area contributed by atoms with Crippen LogP contribution < -0.4 is 15.4 Å². The molecule has 1 aromatic carbocycles. The monoisotopic (exact) mass is 308 g/mol. The SMILES string of the molecule is CCCCCNC(=O)Nc1ccccc1OCC(C)C(=O)O. The van der Waals surface area contributed by atoms with Crippen LogP contribution in [0.5, 0.6) is 5.75 Å². The summed E-state index contributed by atoms with van der Waals surface area (Å²) in [6.45, 7) is 4.34. The molecule has 0 saturated carbocycles. The fraction of sp³-hybridized carbons (Fsp3) is 0.500. The molecule has 2 amide bonds. The van der Waals surface area contributed by atoms with Crippen molar-refractivity contribution in [1.29, 1.82) is 0 Å². The number of para-hydroxylation sites is 2. The molecular formula is C16H24N2O4. The molecule has 3 N–H and O–H groups in total. The van der Waals surface area contributed by atoms with Crippen LogP contribution in [-0.2, 0) is 4.79 Å². The third kappa shape index (κ3) is 6.47. The molecule has 0 saturated heterocycles. The predicted molar refractivity (Wildman–Crippen MR) is 85.3 cm³/mol. The zero-order chi connectivity index (χ0) is 16.4. The summed E-state index contributed by atoms with van der Waals surface area (Å²) in [6, 6.07) is 6.66. The zero-order valence-electron chi connectivity index (χ0n) is 13.1. The third-order valence-electron chi connectivity index (χ3n) is 3.11. The number of carbonyl (C=O) groups excluding carboxylic acids is 1. The molecule has 0 aromatic heterocycles. The van der Waals surface area contributed by atoms with E-state index in [4.69, 9.17) is 9.84 Å². The van der Waals surface area contributed by atoms with Crippen molar-refractivity contribution in [1.82, 2.24) is 5.32 Å². The van der Waals surface area contributed by atoms with Gasteiger partial charge in [0.25, 0.3) is 0 Å². The van der Waals surface area contributed by atoms with Crippen molar-refractivity contribution in [3.8, 4) is 5.75 Å². The highest BCUT2D eigenvalue weighted by atomic mass is 16.5. The lowest BCUT2D eigenvalue weighted by Gasteiger charge is -2.14. The average molecular weight is 308 g/mol. The van der Waals surface area contributed by atoms with Gasteiger partial charge in [-0.15, -0.1) is 0 Å². The second-order valence-electron chi connectivity index (χ2n) is 5.13. The van der Waals surface area contributed by atoms with Crippen molar-refractivity contribution < 1.29 is 19.4 Å². The number of ether oxygens (including phenoxy) is 1. The molecule has 0 bridgehead atoms. The molecule has 0 aliphatic heterocycles. The molecule has 1 unspecified atom stereocenters. The number of amides is 2. The van der Waals surface area contributed by atoms with Gasteiger partial charge in [-0.05, 0) is 25.5 Å². The van der Waals surface area contributed by atoms with Crippen molar-refractivity contribution in [2.24, 2.45) is 5.92 Å². The fourth-order valence-electron chi connectivity index (χ4n) is 1.73. The molecule has 1 aromatic rings. The first kappa shape index (κ1) is 17.8. The number of nitrogens with one attached hydrogen (secondary N) is 2. The van der Waals surface area contributed by atoms with E-state index in [1.807, 2.05) is 0 Å². The van der Waals surface area contributed by atoms with Gasteiger partial charge in [0.2, 0.25) is 0 Å².